The molecular formula is C11H14N2O. The molecule has 0 fully saturated rings. The smallest absolute Gasteiger partial charge is 0.245 e. The van der Waals surface area contributed by atoms with E-state index in [9.17, 15) is 0 Å². The lowest BCUT2D eigenvalue weighted by Crippen LogP contribution is -1.81. The van der Waals surface area contributed by atoms with Crippen LogP contribution in [-0.2, 0) is 0 Å². The largest absolute Gasteiger partial charge is 0.440 e. The zero-order valence-electron chi connectivity index (χ0n) is 8.74. The van der Waals surface area contributed by atoms with Gasteiger partial charge in [0.25, 0.3) is 0 Å². The number of aryl methyl sites for hydroxylation is 2. The number of nitrogens with zero attached hydrogens (tertiary/aromatic N) is 2. The lowest BCUT2D eigenvalue weighted by atomic mass is 10.4. The van der Waals surface area contributed by atoms with E-state index in [1.807, 2.05) is 26.8 Å². The summed E-state index contributed by atoms with van der Waals surface area (Å²) in [4.78, 5) is 8.40. The maximum absolute atomic E-state index is 5.44. The van der Waals surface area contributed by atoms with Gasteiger partial charge in [-0.2, -0.15) is 0 Å². The van der Waals surface area contributed by atoms with Gasteiger partial charge in [-0.05, 0) is 20.8 Å². The second-order valence-electron chi connectivity index (χ2n) is 2.85. The monoisotopic (exact) mass is 190 g/mol. The molecule has 1 heterocycles. The molecule has 74 valence electrons. The van der Waals surface area contributed by atoms with Crippen molar-refractivity contribution in [1.29, 1.82) is 0 Å². The second kappa shape index (κ2) is 4.56. The fraction of sp³-hybridized carbons (Fsp3) is 0.273. The molecule has 0 unspecified atom stereocenters. The van der Waals surface area contributed by atoms with Crippen molar-refractivity contribution >= 4 is 11.9 Å². The van der Waals surface area contributed by atoms with Crippen molar-refractivity contribution in [2.75, 3.05) is 0 Å². The van der Waals surface area contributed by atoms with Crippen molar-refractivity contribution in [3.05, 3.63) is 36.1 Å². The first-order valence-electron chi connectivity index (χ1n) is 4.44. The fourth-order valence-corrected chi connectivity index (χ4v) is 0.969. The zero-order chi connectivity index (χ0) is 10.6. The minimum absolute atomic E-state index is 0.556. The third-order valence-electron chi connectivity index (χ3n) is 1.84. The molecule has 1 aromatic rings. The van der Waals surface area contributed by atoms with Gasteiger partial charge in [-0.1, -0.05) is 18.7 Å². The van der Waals surface area contributed by atoms with Crippen LogP contribution < -0.4 is 0 Å². The molecule has 0 saturated heterocycles. The first-order chi connectivity index (χ1) is 6.69. The van der Waals surface area contributed by atoms with Gasteiger partial charge in [0.1, 0.15) is 11.5 Å². The van der Waals surface area contributed by atoms with Crippen LogP contribution in [0, 0.1) is 13.8 Å². The van der Waals surface area contributed by atoms with E-state index in [4.69, 9.17) is 4.42 Å². The van der Waals surface area contributed by atoms with Gasteiger partial charge in [0.15, 0.2) is 0 Å². The number of hydrogen-bond donors (Lipinski definition) is 0. The van der Waals surface area contributed by atoms with Gasteiger partial charge < -0.3 is 4.42 Å². The molecule has 3 nitrogen and oxygen atoms in total. The molecule has 1 rings (SSSR count). The van der Waals surface area contributed by atoms with Gasteiger partial charge in [0.05, 0.1) is 5.69 Å². The summed E-state index contributed by atoms with van der Waals surface area (Å²) in [6, 6.07) is 0. The van der Waals surface area contributed by atoms with Crippen molar-refractivity contribution in [2.24, 2.45) is 4.99 Å². The third kappa shape index (κ3) is 2.19. The summed E-state index contributed by atoms with van der Waals surface area (Å²) in [5.74, 6) is 1.38. The highest BCUT2D eigenvalue weighted by molar-refractivity contribution is 5.77. The molecular weight excluding hydrogens is 176 g/mol. The molecule has 3 heteroatoms. The second-order valence-corrected chi connectivity index (χ2v) is 2.85. The Balaban J connectivity index is 3.02. The Bertz CT molecular complexity index is 366. The first kappa shape index (κ1) is 10.4. The predicted molar refractivity (Wildman–Crippen MR) is 58.3 cm³/mol. The Morgan fingerprint density at radius 1 is 1.50 bits per heavy atom. The van der Waals surface area contributed by atoms with Crippen LogP contribution in [0.4, 0.5) is 0 Å². The van der Waals surface area contributed by atoms with E-state index in [1.165, 1.54) is 0 Å². The highest BCUT2D eigenvalue weighted by atomic mass is 16.4. The summed E-state index contributed by atoms with van der Waals surface area (Å²) in [5.41, 5.74) is 1.62. The third-order valence-corrected chi connectivity index (χ3v) is 1.84. The van der Waals surface area contributed by atoms with E-state index in [1.54, 1.807) is 12.3 Å². The van der Waals surface area contributed by atoms with Crippen LogP contribution in [-0.4, -0.2) is 11.2 Å². The van der Waals surface area contributed by atoms with E-state index in [-0.39, 0.29) is 0 Å². The van der Waals surface area contributed by atoms with Crippen molar-refractivity contribution in [3.63, 3.8) is 0 Å². The number of oxazole rings is 1. The molecule has 0 aliphatic heterocycles. The molecule has 0 bridgehead atoms. The minimum atomic E-state index is 0.556. The average Bonchev–Trinajstić information content (AvgIpc) is 2.48. The average molecular weight is 190 g/mol. The molecule has 0 N–H and O–H groups in total. The number of aromatic nitrogens is 1. The quantitative estimate of drug-likeness (QED) is 0.687. The Labute approximate surface area is 83.9 Å². The summed E-state index contributed by atoms with van der Waals surface area (Å²) < 4.78 is 5.44. The summed E-state index contributed by atoms with van der Waals surface area (Å²) in [5, 5.41) is 0. The molecule has 0 radical (unpaired) electrons. The van der Waals surface area contributed by atoms with Crippen molar-refractivity contribution in [2.45, 2.75) is 20.8 Å². The highest BCUT2D eigenvalue weighted by Crippen LogP contribution is 2.17. The number of hydrogen-bond acceptors (Lipinski definition) is 3. The molecule has 0 aliphatic carbocycles. The van der Waals surface area contributed by atoms with E-state index in [0.717, 1.165) is 17.2 Å². The van der Waals surface area contributed by atoms with Gasteiger partial charge >= 0.3 is 0 Å². The Morgan fingerprint density at radius 3 is 2.64 bits per heavy atom. The van der Waals surface area contributed by atoms with Crippen LogP contribution in [0.5, 0.6) is 0 Å². The lowest BCUT2D eigenvalue weighted by molar-refractivity contribution is 0.511. The van der Waals surface area contributed by atoms with Crippen molar-refractivity contribution in [3.8, 4) is 0 Å². The van der Waals surface area contributed by atoms with Gasteiger partial charge in [0.2, 0.25) is 5.89 Å². The van der Waals surface area contributed by atoms with E-state index in [2.05, 4.69) is 16.6 Å². The van der Waals surface area contributed by atoms with E-state index >= 15 is 0 Å². The SMILES string of the molecule is C=CC=N/C(=C\C)c1nc(C)c(C)o1. The van der Waals surface area contributed by atoms with Gasteiger partial charge in [0, 0.05) is 6.21 Å². The van der Waals surface area contributed by atoms with Crippen molar-refractivity contribution in [1.82, 2.24) is 4.98 Å². The Kier molecular flexibility index (Phi) is 3.40. The summed E-state index contributed by atoms with van der Waals surface area (Å²) in [7, 11) is 0. The van der Waals surface area contributed by atoms with Crippen molar-refractivity contribution < 1.29 is 4.42 Å². The zero-order valence-corrected chi connectivity index (χ0v) is 8.74. The van der Waals surface area contributed by atoms with Gasteiger partial charge in [-0.15, -0.1) is 0 Å². The summed E-state index contributed by atoms with van der Waals surface area (Å²) in [6.07, 6.45) is 5.08. The molecule has 14 heavy (non-hydrogen) atoms. The maximum Gasteiger partial charge on any atom is 0.245 e. The van der Waals surface area contributed by atoms with Crippen LogP contribution in [0.25, 0.3) is 5.70 Å². The molecule has 0 spiro atoms. The molecule has 0 amide bonds. The molecule has 0 aliphatic rings. The standard InChI is InChI=1S/C11H14N2O/c1-5-7-12-10(6-2)11-13-8(3)9(4)14-11/h5-7H,1H2,2-4H3/b10-6-,12-7?. The summed E-state index contributed by atoms with van der Waals surface area (Å²) >= 11 is 0. The number of aliphatic imine (C=N–C) groups is 1. The Morgan fingerprint density at radius 2 is 2.21 bits per heavy atom. The molecule has 0 atom stereocenters. The van der Waals surface area contributed by atoms with Crippen LogP contribution in [0.15, 0.2) is 28.1 Å². The topological polar surface area (TPSA) is 38.4 Å². The molecule has 0 saturated carbocycles. The van der Waals surface area contributed by atoms with Gasteiger partial charge in [-0.3, -0.25) is 4.99 Å². The fourth-order valence-electron chi connectivity index (χ4n) is 0.969. The normalized spacial score (nSPS) is 12.4. The highest BCUT2D eigenvalue weighted by Gasteiger charge is 2.08. The maximum atomic E-state index is 5.44. The van der Waals surface area contributed by atoms with Crippen LogP contribution in [0.1, 0.15) is 24.3 Å². The first-order valence-corrected chi connectivity index (χ1v) is 4.44. The number of rotatable bonds is 3. The predicted octanol–water partition coefficient (Wildman–Crippen LogP) is 2.91. The minimum Gasteiger partial charge on any atom is -0.440 e. The lowest BCUT2D eigenvalue weighted by Gasteiger charge is -1.92. The van der Waals surface area contributed by atoms with Crippen LogP contribution in [0.3, 0.4) is 0 Å². The van der Waals surface area contributed by atoms with Gasteiger partial charge in [-0.25, -0.2) is 4.98 Å². The molecule has 0 aromatic carbocycles. The van der Waals surface area contributed by atoms with Crippen LogP contribution >= 0.6 is 0 Å². The van der Waals surface area contributed by atoms with Crippen LogP contribution in [0.2, 0.25) is 0 Å². The number of allylic oxidation sites excluding steroid dienone is 2. The van der Waals surface area contributed by atoms with E-state index < -0.39 is 0 Å². The summed E-state index contributed by atoms with van der Waals surface area (Å²) in [6.45, 7) is 9.24. The molecule has 1 aromatic heterocycles. The Hall–Kier alpha value is -1.64. The van der Waals surface area contributed by atoms with E-state index in [0.29, 0.717) is 5.89 Å².